The average Bonchev–Trinajstić information content (AvgIpc) is 3.03. The predicted octanol–water partition coefficient (Wildman–Crippen LogP) is 4.85. The molecule has 0 atom stereocenters. The van der Waals surface area contributed by atoms with Crippen molar-refractivity contribution in [3.8, 4) is 16.9 Å². The number of methoxy groups -OCH3 is 1. The quantitative estimate of drug-likeness (QED) is 0.450. The van der Waals surface area contributed by atoms with E-state index in [1.54, 1.807) is 55.9 Å². The van der Waals surface area contributed by atoms with Gasteiger partial charge < -0.3 is 4.74 Å². The number of imide groups is 1. The third-order valence-electron chi connectivity index (χ3n) is 5.50. The fourth-order valence-electron chi connectivity index (χ4n) is 4.01. The van der Waals surface area contributed by atoms with E-state index in [0.29, 0.717) is 28.0 Å². The molecule has 0 saturated carbocycles. The molecule has 0 fully saturated rings. The Balaban J connectivity index is 1.74. The van der Waals surface area contributed by atoms with Crippen molar-refractivity contribution in [3.63, 3.8) is 0 Å². The molecule has 0 unspecified atom stereocenters. The van der Waals surface area contributed by atoms with Crippen LogP contribution in [0.3, 0.4) is 0 Å². The van der Waals surface area contributed by atoms with E-state index in [9.17, 15) is 14.0 Å². The molecule has 5 rings (SSSR count). The van der Waals surface area contributed by atoms with Crippen LogP contribution in [0.5, 0.6) is 5.75 Å². The zero-order valence-corrected chi connectivity index (χ0v) is 16.6. The summed E-state index contributed by atoms with van der Waals surface area (Å²) in [5, 5.41) is 1.56. The first kappa shape index (κ1) is 18.9. The van der Waals surface area contributed by atoms with Crippen molar-refractivity contribution in [3.05, 3.63) is 95.6 Å². The van der Waals surface area contributed by atoms with Gasteiger partial charge in [0.25, 0.3) is 11.8 Å². The zero-order valence-electron chi connectivity index (χ0n) is 16.6. The molecular formula is C25H17FN2O3. The van der Waals surface area contributed by atoms with E-state index >= 15 is 0 Å². The van der Waals surface area contributed by atoms with Gasteiger partial charge in [0, 0.05) is 18.0 Å². The Hall–Kier alpha value is -4.06. The molecule has 0 spiro atoms. The monoisotopic (exact) mass is 412 g/mol. The first-order valence-electron chi connectivity index (χ1n) is 9.72. The van der Waals surface area contributed by atoms with Gasteiger partial charge in [0.05, 0.1) is 24.8 Å². The van der Waals surface area contributed by atoms with Gasteiger partial charge in [0.2, 0.25) is 0 Å². The van der Waals surface area contributed by atoms with E-state index in [4.69, 9.17) is 4.74 Å². The van der Waals surface area contributed by atoms with Crippen LogP contribution in [0.4, 0.5) is 4.39 Å². The lowest BCUT2D eigenvalue weighted by Crippen LogP contribution is -2.29. The summed E-state index contributed by atoms with van der Waals surface area (Å²) in [4.78, 5) is 31.9. The second-order valence-electron chi connectivity index (χ2n) is 7.32. The Labute approximate surface area is 177 Å². The fourth-order valence-corrected chi connectivity index (χ4v) is 4.01. The second-order valence-corrected chi connectivity index (χ2v) is 7.32. The Morgan fingerprint density at radius 3 is 2.35 bits per heavy atom. The molecule has 1 aliphatic heterocycles. The molecule has 2 amide bonds. The standard InChI is InChI=1S/C25H17FN2O3/c1-31-19-6-7-20-17(12-19)13-21-23(22(20)16-2-4-18(26)5-3-16)25(30)28(24(21)29)14-15-8-10-27-11-9-15/h2-13H,14H2,1H3. The van der Waals surface area contributed by atoms with Crippen LogP contribution in [-0.2, 0) is 6.54 Å². The molecule has 6 heteroatoms. The summed E-state index contributed by atoms with van der Waals surface area (Å²) in [7, 11) is 1.57. The molecule has 31 heavy (non-hydrogen) atoms. The molecule has 0 N–H and O–H groups in total. The minimum atomic E-state index is -0.371. The van der Waals surface area contributed by atoms with Crippen molar-refractivity contribution in [2.75, 3.05) is 7.11 Å². The maximum absolute atomic E-state index is 13.6. The van der Waals surface area contributed by atoms with Gasteiger partial charge in [-0.15, -0.1) is 0 Å². The van der Waals surface area contributed by atoms with Gasteiger partial charge in [0.15, 0.2) is 0 Å². The van der Waals surface area contributed by atoms with Crippen LogP contribution in [0.2, 0.25) is 0 Å². The number of rotatable bonds is 4. The summed E-state index contributed by atoms with van der Waals surface area (Å²) >= 11 is 0. The highest BCUT2D eigenvalue weighted by Crippen LogP contribution is 2.40. The van der Waals surface area contributed by atoms with Crippen LogP contribution < -0.4 is 4.74 Å². The molecule has 4 aromatic rings. The van der Waals surface area contributed by atoms with E-state index < -0.39 is 0 Å². The molecule has 0 saturated heterocycles. The summed E-state index contributed by atoms with van der Waals surface area (Å²) in [6.07, 6.45) is 3.25. The minimum Gasteiger partial charge on any atom is -0.497 e. The number of aromatic nitrogens is 1. The van der Waals surface area contributed by atoms with E-state index in [2.05, 4.69) is 4.98 Å². The number of carbonyl (C=O) groups is 2. The average molecular weight is 412 g/mol. The molecule has 2 heterocycles. The Morgan fingerprint density at radius 2 is 1.65 bits per heavy atom. The van der Waals surface area contributed by atoms with Gasteiger partial charge >= 0.3 is 0 Å². The van der Waals surface area contributed by atoms with Crippen molar-refractivity contribution in [2.45, 2.75) is 6.54 Å². The minimum absolute atomic E-state index is 0.150. The maximum atomic E-state index is 13.6. The topological polar surface area (TPSA) is 59.5 Å². The van der Waals surface area contributed by atoms with Crippen LogP contribution >= 0.6 is 0 Å². The van der Waals surface area contributed by atoms with E-state index in [0.717, 1.165) is 16.3 Å². The zero-order chi connectivity index (χ0) is 21.5. The predicted molar refractivity (Wildman–Crippen MR) is 114 cm³/mol. The van der Waals surface area contributed by atoms with Crippen LogP contribution in [-0.4, -0.2) is 28.8 Å². The lowest BCUT2D eigenvalue weighted by atomic mass is 9.90. The summed E-state index contributed by atoms with van der Waals surface area (Å²) < 4.78 is 18.9. The van der Waals surface area contributed by atoms with Crippen molar-refractivity contribution in [2.24, 2.45) is 0 Å². The summed E-state index contributed by atoms with van der Waals surface area (Å²) in [5.74, 6) is -0.453. The van der Waals surface area contributed by atoms with Gasteiger partial charge in [-0.1, -0.05) is 18.2 Å². The smallest absolute Gasteiger partial charge is 0.262 e. The number of carbonyl (C=O) groups excluding carboxylic acids is 2. The van der Waals surface area contributed by atoms with E-state index in [1.165, 1.54) is 17.0 Å². The van der Waals surface area contributed by atoms with E-state index in [1.807, 2.05) is 12.1 Å². The number of amides is 2. The third kappa shape index (κ3) is 3.13. The lowest BCUT2D eigenvalue weighted by Gasteiger charge is -2.14. The van der Waals surface area contributed by atoms with Crippen molar-refractivity contribution < 1.29 is 18.7 Å². The third-order valence-corrected chi connectivity index (χ3v) is 5.50. The van der Waals surface area contributed by atoms with Crippen LogP contribution in [0.1, 0.15) is 26.3 Å². The maximum Gasteiger partial charge on any atom is 0.262 e. The number of nitrogens with zero attached hydrogens (tertiary/aromatic N) is 2. The molecule has 1 aliphatic rings. The fraction of sp³-hybridized carbons (Fsp3) is 0.0800. The molecule has 0 bridgehead atoms. The van der Waals surface area contributed by atoms with Crippen LogP contribution in [0.25, 0.3) is 21.9 Å². The summed E-state index contributed by atoms with van der Waals surface area (Å²) in [6, 6.07) is 16.7. The number of benzene rings is 3. The molecule has 0 radical (unpaired) electrons. The number of fused-ring (bicyclic) bond motifs is 2. The van der Waals surface area contributed by atoms with E-state index in [-0.39, 0.29) is 24.2 Å². The van der Waals surface area contributed by atoms with Gasteiger partial charge in [-0.05, 0) is 64.4 Å². The Kier molecular flexibility index (Phi) is 4.47. The second kappa shape index (κ2) is 7.32. The van der Waals surface area contributed by atoms with Crippen molar-refractivity contribution in [1.82, 2.24) is 9.88 Å². The highest BCUT2D eigenvalue weighted by molar-refractivity contribution is 6.27. The summed E-state index contributed by atoms with van der Waals surface area (Å²) in [6.45, 7) is 0.150. The lowest BCUT2D eigenvalue weighted by molar-refractivity contribution is 0.0642. The summed E-state index contributed by atoms with van der Waals surface area (Å²) in [5.41, 5.74) is 2.76. The van der Waals surface area contributed by atoms with Gasteiger partial charge in [-0.2, -0.15) is 0 Å². The molecule has 152 valence electrons. The van der Waals surface area contributed by atoms with Crippen molar-refractivity contribution >= 4 is 22.6 Å². The molecule has 3 aromatic carbocycles. The SMILES string of the molecule is COc1ccc2c(-c3ccc(F)cc3)c3c(cc2c1)C(=O)N(Cc1ccncc1)C3=O. The van der Waals surface area contributed by atoms with Crippen LogP contribution in [0, 0.1) is 5.82 Å². The van der Waals surface area contributed by atoms with Gasteiger partial charge in [0.1, 0.15) is 11.6 Å². The van der Waals surface area contributed by atoms with Crippen molar-refractivity contribution in [1.29, 1.82) is 0 Å². The Bertz CT molecular complexity index is 1330. The molecule has 5 nitrogen and oxygen atoms in total. The molecular weight excluding hydrogens is 395 g/mol. The number of hydrogen-bond acceptors (Lipinski definition) is 4. The highest BCUT2D eigenvalue weighted by Gasteiger charge is 2.38. The number of halogens is 1. The van der Waals surface area contributed by atoms with Gasteiger partial charge in [-0.3, -0.25) is 19.5 Å². The number of pyridine rings is 1. The van der Waals surface area contributed by atoms with Gasteiger partial charge in [-0.25, -0.2) is 4.39 Å². The first-order valence-corrected chi connectivity index (χ1v) is 9.72. The highest BCUT2D eigenvalue weighted by atomic mass is 19.1. The first-order chi connectivity index (χ1) is 15.1. The number of ether oxygens (including phenoxy) is 1. The molecule has 0 aliphatic carbocycles. The normalized spacial score (nSPS) is 13.0. The Morgan fingerprint density at radius 1 is 0.903 bits per heavy atom. The number of hydrogen-bond donors (Lipinski definition) is 0. The largest absolute Gasteiger partial charge is 0.497 e. The molecule has 1 aromatic heterocycles. The van der Waals surface area contributed by atoms with Crippen LogP contribution in [0.15, 0.2) is 73.1 Å².